The lowest BCUT2D eigenvalue weighted by Crippen LogP contribution is -2.39. The monoisotopic (exact) mass is 307 g/mol. The van der Waals surface area contributed by atoms with Gasteiger partial charge in [0.15, 0.2) is 0 Å². The lowest BCUT2D eigenvalue weighted by molar-refractivity contribution is -0.139. The molecule has 0 spiro atoms. The molecule has 1 aromatic rings. The summed E-state index contributed by atoms with van der Waals surface area (Å²) in [5.74, 6) is -0.148. The Labute approximate surface area is 131 Å². The second kappa shape index (κ2) is 8.41. The fourth-order valence-electron chi connectivity index (χ4n) is 2.45. The third-order valence-corrected chi connectivity index (χ3v) is 3.66. The summed E-state index contributed by atoms with van der Waals surface area (Å²) in [7, 11) is 1.61. The maximum Gasteiger partial charge on any atom is 0.305 e. The van der Waals surface area contributed by atoms with Gasteiger partial charge in [-0.15, -0.1) is 0 Å². The number of hydrogen-bond acceptors (Lipinski definition) is 3. The number of para-hydroxylation sites is 1. The molecule has 1 N–H and O–H groups in total. The summed E-state index contributed by atoms with van der Waals surface area (Å²) in [4.78, 5) is 24.8. The number of methoxy groups -OCH3 is 1. The van der Waals surface area contributed by atoms with Crippen molar-refractivity contribution >= 4 is 11.9 Å². The number of carboxylic acid groups (broad SMARTS) is 1. The first-order valence-corrected chi connectivity index (χ1v) is 7.51. The van der Waals surface area contributed by atoms with E-state index in [0.29, 0.717) is 6.42 Å². The molecule has 0 saturated carbocycles. The van der Waals surface area contributed by atoms with Gasteiger partial charge in [0.2, 0.25) is 5.91 Å². The van der Waals surface area contributed by atoms with Crippen LogP contribution in [0.15, 0.2) is 24.3 Å². The van der Waals surface area contributed by atoms with E-state index in [9.17, 15) is 9.59 Å². The summed E-state index contributed by atoms with van der Waals surface area (Å²) in [6, 6.07) is 7.62. The van der Waals surface area contributed by atoms with E-state index >= 15 is 0 Å². The van der Waals surface area contributed by atoms with Gasteiger partial charge in [-0.25, -0.2) is 0 Å². The Balaban J connectivity index is 2.77. The number of carbonyl (C=O) groups excluding carboxylic acids is 1. The first kappa shape index (κ1) is 18.0. The minimum absolute atomic E-state index is 0.00901. The number of ether oxygens (including phenoxy) is 1. The zero-order valence-corrected chi connectivity index (χ0v) is 13.7. The van der Waals surface area contributed by atoms with Crippen LogP contribution in [0.25, 0.3) is 0 Å². The zero-order chi connectivity index (χ0) is 16.7. The van der Waals surface area contributed by atoms with Gasteiger partial charge in [-0.2, -0.15) is 0 Å². The minimum Gasteiger partial charge on any atom is -0.496 e. The van der Waals surface area contributed by atoms with Crippen molar-refractivity contribution in [1.29, 1.82) is 0 Å². The Bertz CT molecular complexity index is 513. The van der Waals surface area contributed by atoms with Crippen LogP contribution in [0.2, 0.25) is 0 Å². The van der Waals surface area contributed by atoms with Crippen molar-refractivity contribution in [1.82, 2.24) is 4.90 Å². The molecule has 0 aliphatic rings. The highest BCUT2D eigenvalue weighted by Crippen LogP contribution is 2.29. The summed E-state index contributed by atoms with van der Waals surface area (Å²) in [5, 5.41) is 8.80. The van der Waals surface area contributed by atoms with Gasteiger partial charge in [0, 0.05) is 19.0 Å². The summed E-state index contributed by atoms with van der Waals surface area (Å²) in [6.07, 6.45) is 0.297. The molecule has 1 unspecified atom stereocenters. The molecule has 0 bridgehead atoms. The van der Waals surface area contributed by atoms with Crippen molar-refractivity contribution in [3.63, 3.8) is 0 Å². The quantitative estimate of drug-likeness (QED) is 0.802. The molecule has 0 fully saturated rings. The van der Waals surface area contributed by atoms with Gasteiger partial charge in [-0.05, 0) is 31.4 Å². The molecule has 1 atom stereocenters. The van der Waals surface area contributed by atoms with E-state index in [1.54, 1.807) is 12.0 Å². The van der Waals surface area contributed by atoms with Gasteiger partial charge < -0.3 is 14.7 Å². The largest absolute Gasteiger partial charge is 0.496 e. The van der Waals surface area contributed by atoms with Crippen molar-refractivity contribution in [3.05, 3.63) is 29.8 Å². The van der Waals surface area contributed by atoms with E-state index in [4.69, 9.17) is 9.84 Å². The molecular formula is C17H25NO4. The molecule has 0 aliphatic heterocycles. The smallest absolute Gasteiger partial charge is 0.305 e. The third-order valence-electron chi connectivity index (χ3n) is 3.66. The Kier molecular flexibility index (Phi) is 6.89. The molecule has 1 rings (SSSR count). The van der Waals surface area contributed by atoms with Crippen LogP contribution in [-0.4, -0.2) is 41.6 Å². The molecule has 0 heterocycles. The predicted octanol–water partition coefficient (Wildman–Crippen LogP) is 2.90. The summed E-state index contributed by atoms with van der Waals surface area (Å²) in [5.41, 5.74) is 0.986. The highest BCUT2D eigenvalue weighted by Gasteiger charge is 2.22. The van der Waals surface area contributed by atoms with Crippen LogP contribution in [0, 0.1) is 0 Å². The highest BCUT2D eigenvalue weighted by molar-refractivity contribution is 5.78. The number of aliphatic carboxylic acids is 1. The van der Waals surface area contributed by atoms with Crippen LogP contribution in [0.5, 0.6) is 5.75 Å². The fourth-order valence-corrected chi connectivity index (χ4v) is 2.45. The molecule has 0 radical (unpaired) electrons. The van der Waals surface area contributed by atoms with Gasteiger partial charge in [0.25, 0.3) is 0 Å². The molecule has 5 nitrogen and oxygen atoms in total. The molecule has 0 aromatic heterocycles. The van der Waals surface area contributed by atoms with Gasteiger partial charge in [0.05, 0.1) is 13.5 Å². The Morgan fingerprint density at radius 3 is 2.41 bits per heavy atom. The van der Waals surface area contributed by atoms with Crippen LogP contribution >= 0.6 is 0 Å². The molecule has 0 aliphatic carbocycles. The predicted molar refractivity (Wildman–Crippen MR) is 85.1 cm³/mol. The van der Waals surface area contributed by atoms with Gasteiger partial charge in [-0.1, -0.05) is 25.1 Å². The molecule has 0 saturated heterocycles. The van der Waals surface area contributed by atoms with Crippen molar-refractivity contribution in [3.8, 4) is 5.75 Å². The van der Waals surface area contributed by atoms with E-state index in [-0.39, 0.29) is 30.8 Å². The SMILES string of the molecule is COc1ccccc1C(C)CC(=O)N(CCC(=O)O)C(C)C. The average molecular weight is 307 g/mol. The number of carbonyl (C=O) groups is 2. The van der Waals surface area contributed by atoms with Gasteiger partial charge >= 0.3 is 5.97 Å². The van der Waals surface area contributed by atoms with Crippen molar-refractivity contribution in [2.75, 3.05) is 13.7 Å². The molecule has 1 amide bonds. The van der Waals surface area contributed by atoms with E-state index in [2.05, 4.69) is 0 Å². The van der Waals surface area contributed by atoms with Crippen LogP contribution in [0.3, 0.4) is 0 Å². The van der Waals surface area contributed by atoms with Gasteiger partial charge in [0.1, 0.15) is 5.75 Å². The number of benzene rings is 1. The fraction of sp³-hybridized carbons (Fsp3) is 0.529. The first-order chi connectivity index (χ1) is 10.4. The number of rotatable bonds is 8. The van der Waals surface area contributed by atoms with E-state index < -0.39 is 5.97 Å². The Hall–Kier alpha value is -2.04. The van der Waals surface area contributed by atoms with Crippen LogP contribution in [0.4, 0.5) is 0 Å². The average Bonchev–Trinajstić information content (AvgIpc) is 2.46. The lowest BCUT2D eigenvalue weighted by Gasteiger charge is -2.28. The molecule has 1 aromatic carbocycles. The Morgan fingerprint density at radius 1 is 1.23 bits per heavy atom. The molecule has 5 heteroatoms. The number of hydrogen-bond donors (Lipinski definition) is 1. The van der Waals surface area contributed by atoms with Crippen LogP contribution in [0.1, 0.15) is 45.1 Å². The Morgan fingerprint density at radius 2 is 1.86 bits per heavy atom. The van der Waals surface area contributed by atoms with E-state index in [0.717, 1.165) is 11.3 Å². The second-order valence-electron chi connectivity index (χ2n) is 5.67. The topological polar surface area (TPSA) is 66.8 Å². The molecule has 22 heavy (non-hydrogen) atoms. The number of carboxylic acids is 1. The van der Waals surface area contributed by atoms with Crippen molar-refractivity contribution in [2.24, 2.45) is 0 Å². The third kappa shape index (κ3) is 5.06. The highest BCUT2D eigenvalue weighted by atomic mass is 16.5. The normalized spacial score (nSPS) is 12.0. The second-order valence-corrected chi connectivity index (χ2v) is 5.67. The number of amides is 1. The summed E-state index contributed by atoms with van der Waals surface area (Å²) < 4.78 is 5.33. The van der Waals surface area contributed by atoms with Crippen molar-refractivity contribution in [2.45, 2.75) is 45.6 Å². The van der Waals surface area contributed by atoms with Crippen LogP contribution < -0.4 is 4.74 Å². The zero-order valence-electron chi connectivity index (χ0n) is 13.7. The molecular weight excluding hydrogens is 282 g/mol. The molecule has 122 valence electrons. The standard InChI is InChI=1S/C17H25NO4/c1-12(2)18(10-9-17(20)21)16(19)11-13(3)14-7-5-6-8-15(14)22-4/h5-8,12-13H,9-11H2,1-4H3,(H,20,21). The summed E-state index contributed by atoms with van der Waals surface area (Å²) in [6.45, 7) is 6.01. The minimum atomic E-state index is -0.892. The summed E-state index contributed by atoms with van der Waals surface area (Å²) >= 11 is 0. The van der Waals surface area contributed by atoms with Crippen molar-refractivity contribution < 1.29 is 19.4 Å². The van der Waals surface area contributed by atoms with E-state index in [1.807, 2.05) is 45.0 Å². The first-order valence-electron chi connectivity index (χ1n) is 7.51. The van der Waals surface area contributed by atoms with Gasteiger partial charge in [-0.3, -0.25) is 9.59 Å². The maximum absolute atomic E-state index is 12.5. The van der Waals surface area contributed by atoms with Crippen LogP contribution in [-0.2, 0) is 9.59 Å². The number of nitrogens with zero attached hydrogens (tertiary/aromatic N) is 1. The maximum atomic E-state index is 12.5. The van der Waals surface area contributed by atoms with E-state index in [1.165, 1.54) is 0 Å². The lowest BCUT2D eigenvalue weighted by atomic mass is 9.96.